The first-order valence-electron chi connectivity index (χ1n) is 16.5. The van der Waals surface area contributed by atoms with Gasteiger partial charge in [-0.15, -0.1) is 0 Å². The second-order valence-corrected chi connectivity index (χ2v) is 12.6. The summed E-state index contributed by atoms with van der Waals surface area (Å²) in [5.41, 5.74) is 9.24. The molecule has 0 saturated carbocycles. The van der Waals surface area contributed by atoms with Gasteiger partial charge in [0.15, 0.2) is 0 Å². The van der Waals surface area contributed by atoms with Crippen LogP contribution in [-0.4, -0.2) is 9.13 Å². The van der Waals surface area contributed by atoms with Crippen molar-refractivity contribution in [3.05, 3.63) is 162 Å². The number of fused-ring (bicyclic) bond motifs is 10. The monoisotopic (exact) mass is 649 g/mol. The highest BCUT2D eigenvalue weighted by atomic mass is 16.3. The fraction of sp³-hybridized carbons (Fsp3) is 0. The molecule has 234 valence electrons. The Morgan fingerprint density at radius 2 is 1.16 bits per heavy atom. The highest BCUT2D eigenvalue weighted by Crippen LogP contribution is 2.43. The van der Waals surface area contributed by atoms with Crippen molar-refractivity contribution in [2.45, 2.75) is 0 Å². The zero-order valence-corrected chi connectivity index (χ0v) is 26.9. The van der Waals surface area contributed by atoms with Gasteiger partial charge in [0.1, 0.15) is 11.2 Å². The molecule has 10 aromatic rings. The summed E-state index contributed by atoms with van der Waals surface area (Å²) in [6.07, 6.45) is 0. The average Bonchev–Trinajstić information content (AvgIpc) is 3.85. The molecule has 0 N–H and O–H groups in total. The number of hydrogen-bond donors (Lipinski definition) is 0. The maximum Gasteiger partial charge on any atom is 0.212 e. The minimum atomic E-state index is 0.333. The lowest BCUT2D eigenvalue weighted by Crippen LogP contribution is -2.00. The van der Waals surface area contributed by atoms with Crippen molar-refractivity contribution >= 4 is 71.2 Å². The molecule has 0 bridgehead atoms. The SMILES string of the molecule is [C-]#[N+]c1cc(-c2ccc(-n3c4ccccc4c4ccc5oc6ccccc6c5c43)cc2C#N)cc(C#N)c1-n1c2ccccc2c2ccccc21. The van der Waals surface area contributed by atoms with E-state index in [4.69, 9.17) is 11.0 Å². The Morgan fingerprint density at radius 1 is 0.549 bits per heavy atom. The molecule has 10 rings (SSSR count). The lowest BCUT2D eigenvalue weighted by atomic mass is 9.96. The normalized spacial score (nSPS) is 11.5. The molecule has 6 heteroatoms. The zero-order valence-electron chi connectivity index (χ0n) is 26.9. The summed E-state index contributed by atoms with van der Waals surface area (Å²) in [4.78, 5) is 3.95. The van der Waals surface area contributed by atoms with Gasteiger partial charge in [0.25, 0.3) is 0 Å². The molecule has 0 fully saturated rings. The molecule has 0 aliphatic carbocycles. The quantitative estimate of drug-likeness (QED) is 0.179. The molecule has 7 aromatic carbocycles. The minimum Gasteiger partial charge on any atom is -0.456 e. The number of furan rings is 1. The first kappa shape index (κ1) is 28.4. The van der Waals surface area contributed by atoms with Crippen LogP contribution in [0.3, 0.4) is 0 Å². The van der Waals surface area contributed by atoms with Crippen LogP contribution in [0.15, 0.2) is 144 Å². The van der Waals surface area contributed by atoms with E-state index in [1.54, 1.807) is 12.1 Å². The summed E-state index contributed by atoms with van der Waals surface area (Å²) in [6.45, 7) is 8.25. The van der Waals surface area contributed by atoms with Crippen LogP contribution in [0, 0.1) is 29.2 Å². The summed E-state index contributed by atoms with van der Waals surface area (Å²) in [5, 5.41) is 27.5. The molecule has 0 spiro atoms. The fourth-order valence-electron chi connectivity index (χ4n) is 7.89. The summed E-state index contributed by atoms with van der Waals surface area (Å²) in [6, 6.07) is 50.8. The van der Waals surface area contributed by atoms with Crippen molar-refractivity contribution < 1.29 is 4.42 Å². The van der Waals surface area contributed by atoms with Gasteiger partial charge in [-0.2, -0.15) is 10.5 Å². The molecular formula is C45H23N5O. The van der Waals surface area contributed by atoms with Crippen molar-refractivity contribution in [1.29, 1.82) is 10.5 Å². The summed E-state index contributed by atoms with van der Waals surface area (Å²) >= 11 is 0. The second kappa shape index (κ2) is 10.7. The van der Waals surface area contributed by atoms with Gasteiger partial charge >= 0.3 is 0 Å². The Balaban J connectivity index is 1.21. The molecule has 3 aromatic heterocycles. The first-order valence-corrected chi connectivity index (χ1v) is 16.5. The van der Waals surface area contributed by atoms with Gasteiger partial charge in [-0.25, -0.2) is 4.85 Å². The maximum atomic E-state index is 10.6. The lowest BCUT2D eigenvalue weighted by molar-refractivity contribution is 0.669. The first-order chi connectivity index (χ1) is 25.2. The van der Waals surface area contributed by atoms with Crippen molar-refractivity contribution in [3.8, 4) is 34.6 Å². The van der Waals surface area contributed by atoms with E-state index < -0.39 is 0 Å². The van der Waals surface area contributed by atoms with Crippen molar-refractivity contribution in [2.24, 2.45) is 0 Å². The predicted octanol–water partition coefficient (Wildman–Crippen LogP) is 11.7. The number of aromatic nitrogens is 2. The van der Waals surface area contributed by atoms with Gasteiger partial charge in [-0.05, 0) is 71.8 Å². The van der Waals surface area contributed by atoms with Crippen LogP contribution in [0.4, 0.5) is 5.69 Å². The molecule has 0 unspecified atom stereocenters. The van der Waals surface area contributed by atoms with Gasteiger partial charge in [0, 0.05) is 32.6 Å². The van der Waals surface area contributed by atoms with Gasteiger partial charge in [-0.1, -0.05) is 78.9 Å². The van der Waals surface area contributed by atoms with E-state index in [2.05, 4.69) is 57.9 Å². The zero-order chi connectivity index (χ0) is 34.2. The number of benzene rings is 7. The number of rotatable bonds is 3. The minimum absolute atomic E-state index is 0.333. The third kappa shape index (κ3) is 3.95. The molecule has 0 atom stereocenters. The number of para-hydroxylation sites is 4. The number of nitrogens with zero attached hydrogens (tertiary/aromatic N) is 5. The van der Waals surface area contributed by atoms with Crippen LogP contribution in [0.1, 0.15) is 11.1 Å². The fourth-order valence-corrected chi connectivity index (χ4v) is 7.89. The van der Waals surface area contributed by atoms with E-state index in [1.807, 2.05) is 95.6 Å². The largest absolute Gasteiger partial charge is 0.456 e. The second-order valence-electron chi connectivity index (χ2n) is 12.6. The number of hydrogen-bond acceptors (Lipinski definition) is 3. The van der Waals surface area contributed by atoms with Crippen LogP contribution in [0.2, 0.25) is 0 Å². The molecule has 51 heavy (non-hydrogen) atoms. The van der Waals surface area contributed by atoms with Crippen molar-refractivity contribution in [1.82, 2.24) is 9.13 Å². The molecule has 3 heterocycles. The molecule has 0 aliphatic rings. The Bertz CT molecular complexity index is 3160. The molecule has 0 saturated heterocycles. The van der Waals surface area contributed by atoms with Gasteiger partial charge in [-0.3, -0.25) is 0 Å². The Kier molecular flexibility index (Phi) is 5.97. The topological polar surface area (TPSA) is 74.9 Å². The van der Waals surface area contributed by atoms with E-state index in [-0.39, 0.29) is 0 Å². The van der Waals surface area contributed by atoms with Crippen LogP contribution >= 0.6 is 0 Å². The highest BCUT2D eigenvalue weighted by Gasteiger charge is 2.22. The summed E-state index contributed by atoms with van der Waals surface area (Å²) in [7, 11) is 0. The standard InChI is InChI=1S/C45H23N5O/c1-48-37-24-27(22-29(26-47)44(37)50-39-15-7-2-10-32(39)33-11-3-8-16-40(33)50)31-19-18-30(23-28(31)25-46)49-38-14-6-4-12-34(38)35-20-21-42-43(45(35)49)36-13-5-9-17-41(36)51-42/h2-24H. The Labute approximate surface area is 291 Å². The lowest BCUT2D eigenvalue weighted by Gasteiger charge is -2.16. The average molecular weight is 650 g/mol. The summed E-state index contributed by atoms with van der Waals surface area (Å²) in [5.74, 6) is 0. The maximum absolute atomic E-state index is 10.6. The predicted molar refractivity (Wildman–Crippen MR) is 204 cm³/mol. The van der Waals surface area contributed by atoms with Gasteiger partial charge in [0.2, 0.25) is 5.69 Å². The van der Waals surface area contributed by atoms with Crippen molar-refractivity contribution in [3.63, 3.8) is 0 Å². The number of nitriles is 2. The van der Waals surface area contributed by atoms with Crippen molar-refractivity contribution in [2.75, 3.05) is 0 Å². The molecular weight excluding hydrogens is 627 g/mol. The molecule has 0 amide bonds. The third-order valence-electron chi connectivity index (χ3n) is 10.0. The van der Waals surface area contributed by atoms with Crippen LogP contribution < -0.4 is 0 Å². The smallest absolute Gasteiger partial charge is 0.212 e. The van der Waals surface area contributed by atoms with Gasteiger partial charge in [0.05, 0.1) is 63.0 Å². The van der Waals surface area contributed by atoms with E-state index in [0.717, 1.165) is 71.2 Å². The van der Waals surface area contributed by atoms with Crippen LogP contribution in [0.5, 0.6) is 0 Å². The van der Waals surface area contributed by atoms with E-state index in [1.165, 1.54) is 0 Å². The summed E-state index contributed by atoms with van der Waals surface area (Å²) < 4.78 is 10.5. The molecule has 0 radical (unpaired) electrons. The third-order valence-corrected chi connectivity index (χ3v) is 10.0. The van der Waals surface area contributed by atoms with E-state index >= 15 is 0 Å². The van der Waals surface area contributed by atoms with E-state index in [9.17, 15) is 10.5 Å². The molecule has 6 nitrogen and oxygen atoms in total. The van der Waals surface area contributed by atoms with Crippen LogP contribution in [0.25, 0.3) is 92.9 Å². The van der Waals surface area contributed by atoms with E-state index in [0.29, 0.717) is 33.6 Å². The van der Waals surface area contributed by atoms with Gasteiger partial charge < -0.3 is 13.6 Å². The highest BCUT2D eigenvalue weighted by molar-refractivity contribution is 6.24. The Morgan fingerprint density at radius 3 is 1.82 bits per heavy atom. The Hall–Kier alpha value is -7.59. The molecule has 0 aliphatic heterocycles. The van der Waals surface area contributed by atoms with Crippen LogP contribution in [-0.2, 0) is 0 Å².